The number of rotatable bonds is 5. The maximum absolute atomic E-state index is 14.0. The number of benzene rings is 2. The molecule has 8 heteroatoms. The van der Waals surface area contributed by atoms with Crippen LogP contribution in [-0.4, -0.2) is 33.3 Å². The van der Waals surface area contributed by atoms with Crippen molar-refractivity contribution >= 4 is 28.3 Å². The molecule has 0 radical (unpaired) electrons. The molecule has 1 saturated carbocycles. The van der Waals surface area contributed by atoms with Crippen molar-refractivity contribution in [3.05, 3.63) is 59.4 Å². The topological polar surface area (TPSA) is 67.3 Å². The van der Waals surface area contributed by atoms with Crippen molar-refractivity contribution in [2.75, 3.05) is 11.9 Å². The van der Waals surface area contributed by atoms with Gasteiger partial charge >= 0.3 is 0 Å². The Balaban J connectivity index is 1.37. The fourth-order valence-electron chi connectivity index (χ4n) is 3.62. The number of para-hydroxylation sites is 1. The molecule has 2 aromatic carbocycles. The van der Waals surface area contributed by atoms with Crippen LogP contribution in [0.4, 0.5) is 14.5 Å². The molecule has 1 aromatic heterocycles. The van der Waals surface area contributed by atoms with Gasteiger partial charge in [-0.15, -0.1) is 0 Å². The lowest BCUT2D eigenvalue weighted by atomic mass is 9.82. The van der Waals surface area contributed by atoms with Crippen LogP contribution in [0.1, 0.15) is 25.7 Å². The van der Waals surface area contributed by atoms with Crippen molar-refractivity contribution in [3.63, 3.8) is 0 Å². The Labute approximate surface area is 171 Å². The van der Waals surface area contributed by atoms with E-state index in [9.17, 15) is 13.9 Å². The first-order valence-electron chi connectivity index (χ1n) is 9.39. The summed E-state index contributed by atoms with van der Waals surface area (Å²) in [5.74, 6) is -0.887. The average Bonchev–Trinajstić information content (AvgIpc) is 2.70. The quantitative estimate of drug-likeness (QED) is 0.626. The summed E-state index contributed by atoms with van der Waals surface area (Å²) in [7, 11) is 0. The summed E-state index contributed by atoms with van der Waals surface area (Å²) in [4.78, 5) is 8.53. The minimum Gasteiger partial charge on any atom is -0.488 e. The van der Waals surface area contributed by atoms with Crippen LogP contribution in [0.15, 0.2) is 42.7 Å². The molecule has 29 heavy (non-hydrogen) atoms. The van der Waals surface area contributed by atoms with E-state index >= 15 is 0 Å². The molecule has 0 amide bonds. The zero-order chi connectivity index (χ0) is 20.4. The smallest absolute Gasteiger partial charge is 0.150 e. The van der Waals surface area contributed by atoms with Crippen LogP contribution in [-0.2, 0) is 0 Å². The fraction of sp³-hybridized carbons (Fsp3) is 0.333. The first kappa shape index (κ1) is 19.8. The van der Waals surface area contributed by atoms with E-state index in [4.69, 9.17) is 16.3 Å². The molecule has 0 bridgehead atoms. The highest BCUT2D eigenvalue weighted by molar-refractivity contribution is 6.30. The first-order chi connectivity index (χ1) is 13.9. The number of nitrogens with one attached hydrogen (secondary N) is 1. The van der Waals surface area contributed by atoms with Gasteiger partial charge in [-0.25, -0.2) is 13.8 Å². The van der Waals surface area contributed by atoms with Gasteiger partial charge in [0.25, 0.3) is 0 Å². The van der Waals surface area contributed by atoms with Gasteiger partial charge in [0.2, 0.25) is 0 Å². The Bertz CT molecular complexity index is 997. The fourth-order valence-corrected chi connectivity index (χ4v) is 3.81. The Hall–Kier alpha value is -2.51. The minimum atomic E-state index is -1.01. The van der Waals surface area contributed by atoms with Gasteiger partial charge in [0.1, 0.15) is 23.6 Å². The summed E-state index contributed by atoms with van der Waals surface area (Å²) in [6.07, 6.45) is 5.19. The molecule has 3 aromatic rings. The van der Waals surface area contributed by atoms with Crippen LogP contribution >= 0.6 is 11.6 Å². The molecule has 0 unspecified atom stereocenters. The maximum atomic E-state index is 14.0. The van der Waals surface area contributed by atoms with Crippen molar-refractivity contribution in [2.24, 2.45) is 0 Å². The normalized spacial score (nSPS) is 21.9. The highest BCUT2D eigenvalue weighted by Crippen LogP contribution is 2.33. The predicted octanol–water partition coefficient (Wildman–Crippen LogP) is 4.73. The number of fused-ring (bicyclic) bond motifs is 1. The van der Waals surface area contributed by atoms with Crippen LogP contribution in [0.3, 0.4) is 0 Å². The van der Waals surface area contributed by atoms with Crippen molar-refractivity contribution in [2.45, 2.75) is 37.3 Å². The van der Waals surface area contributed by atoms with Gasteiger partial charge in [-0.05, 0) is 49.9 Å². The highest BCUT2D eigenvalue weighted by Gasteiger charge is 2.34. The van der Waals surface area contributed by atoms with Crippen LogP contribution in [0.2, 0.25) is 5.02 Å². The van der Waals surface area contributed by atoms with Crippen molar-refractivity contribution in [3.8, 4) is 5.75 Å². The summed E-state index contributed by atoms with van der Waals surface area (Å²) >= 11 is 5.66. The third-order valence-corrected chi connectivity index (χ3v) is 5.45. The van der Waals surface area contributed by atoms with E-state index in [1.54, 1.807) is 18.5 Å². The summed E-state index contributed by atoms with van der Waals surface area (Å²) in [5, 5.41) is 13.8. The van der Waals surface area contributed by atoms with Crippen LogP contribution in [0, 0.1) is 11.6 Å². The third kappa shape index (κ3) is 4.41. The Morgan fingerprint density at radius 3 is 2.55 bits per heavy atom. The molecule has 1 heterocycles. The molecule has 0 atom stereocenters. The second-order valence-corrected chi connectivity index (χ2v) is 7.79. The molecule has 0 aliphatic heterocycles. The molecule has 0 saturated heterocycles. The van der Waals surface area contributed by atoms with Crippen LogP contribution in [0.25, 0.3) is 11.0 Å². The zero-order valence-electron chi connectivity index (χ0n) is 15.5. The molecule has 1 aliphatic rings. The van der Waals surface area contributed by atoms with Gasteiger partial charge in [-0.2, -0.15) is 0 Å². The number of ether oxygens (including phenoxy) is 1. The summed E-state index contributed by atoms with van der Waals surface area (Å²) < 4.78 is 33.8. The summed E-state index contributed by atoms with van der Waals surface area (Å²) in [6.45, 7) is 0.110. The van der Waals surface area contributed by atoms with Gasteiger partial charge in [0.15, 0.2) is 11.6 Å². The van der Waals surface area contributed by atoms with Gasteiger partial charge < -0.3 is 15.2 Å². The number of anilines is 1. The zero-order valence-corrected chi connectivity index (χ0v) is 16.3. The van der Waals surface area contributed by atoms with Crippen molar-refractivity contribution in [1.82, 2.24) is 9.97 Å². The van der Waals surface area contributed by atoms with Gasteiger partial charge in [-0.1, -0.05) is 17.7 Å². The molecule has 152 valence electrons. The maximum Gasteiger partial charge on any atom is 0.150 e. The summed E-state index contributed by atoms with van der Waals surface area (Å²) in [6, 6.07) is 7.46. The second-order valence-electron chi connectivity index (χ2n) is 7.36. The number of nitrogens with zero attached hydrogens (tertiary/aromatic N) is 2. The average molecular weight is 420 g/mol. The number of hydrogen-bond acceptors (Lipinski definition) is 5. The number of aliphatic hydroxyl groups is 1. The molecule has 2 N–H and O–H groups in total. The third-order valence-electron chi connectivity index (χ3n) is 5.23. The largest absolute Gasteiger partial charge is 0.488 e. The molecule has 0 spiro atoms. The number of hydrogen-bond donors (Lipinski definition) is 2. The Morgan fingerprint density at radius 2 is 1.83 bits per heavy atom. The van der Waals surface area contributed by atoms with Gasteiger partial charge in [0, 0.05) is 23.5 Å². The molecular weight excluding hydrogens is 400 g/mol. The molecule has 4 rings (SSSR count). The minimum absolute atomic E-state index is 0.0128. The Morgan fingerprint density at radius 1 is 1.14 bits per heavy atom. The van der Waals surface area contributed by atoms with E-state index in [0.717, 1.165) is 17.6 Å². The molecule has 5 nitrogen and oxygen atoms in total. The van der Waals surface area contributed by atoms with E-state index in [2.05, 4.69) is 15.3 Å². The van der Waals surface area contributed by atoms with E-state index in [1.807, 2.05) is 12.1 Å². The van der Waals surface area contributed by atoms with E-state index in [1.165, 1.54) is 0 Å². The lowest BCUT2D eigenvalue weighted by Crippen LogP contribution is -2.43. The molecule has 1 fully saturated rings. The monoisotopic (exact) mass is 419 g/mol. The first-order valence-corrected chi connectivity index (χ1v) is 9.77. The van der Waals surface area contributed by atoms with Gasteiger partial charge in [-0.3, -0.25) is 4.98 Å². The van der Waals surface area contributed by atoms with Crippen LogP contribution < -0.4 is 10.1 Å². The highest BCUT2D eigenvalue weighted by atomic mass is 35.5. The van der Waals surface area contributed by atoms with Gasteiger partial charge in [0.05, 0.1) is 11.1 Å². The van der Waals surface area contributed by atoms with Crippen LogP contribution in [0.5, 0.6) is 5.75 Å². The second kappa shape index (κ2) is 8.08. The Kier molecular flexibility index (Phi) is 5.52. The van der Waals surface area contributed by atoms with E-state index in [0.29, 0.717) is 36.9 Å². The predicted molar refractivity (Wildman–Crippen MR) is 107 cm³/mol. The van der Waals surface area contributed by atoms with Crippen molar-refractivity contribution in [1.29, 1.82) is 0 Å². The SMILES string of the molecule is OC1(COc2cccc3nccnc23)CCC(Nc2c(F)cc(Cl)cc2F)CC1. The molecular formula is C21H20ClF2N3O2. The lowest BCUT2D eigenvalue weighted by molar-refractivity contribution is -0.0355. The van der Waals surface area contributed by atoms with E-state index < -0.39 is 17.2 Å². The number of halogens is 3. The summed E-state index contributed by atoms with van der Waals surface area (Å²) in [5.41, 5.74) is 0.162. The number of aromatic nitrogens is 2. The van der Waals surface area contributed by atoms with Crippen molar-refractivity contribution < 1.29 is 18.6 Å². The standard InChI is InChI=1S/C21H20ClF2N3O2/c22-13-10-15(23)19(16(24)11-13)27-14-4-6-21(28,7-5-14)12-29-18-3-1-2-17-20(18)26-9-8-25-17/h1-3,8-11,14,27-28H,4-7,12H2. The molecule has 1 aliphatic carbocycles. The lowest BCUT2D eigenvalue weighted by Gasteiger charge is -2.36. The van der Waals surface area contributed by atoms with E-state index in [-0.39, 0.29) is 23.4 Å².